The average molecular weight is 636 g/mol. The Morgan fingerprint density at radius 2 is 1.43 bits per heavy atom. The van der Waals surface area contributed by atoms with Crippen molar-refractivity contribution < 1.29 is 0 Å². The second kappa shape index (κ2) is 13.7. The summed E-state index contributed by atoms with van der Waals surface area (Å²) in [6, 6.07) is 33.6. The summed E-state index contributed by atoms with van der Waals surface area (Å²) < 4.78 is 0. The maximum Gasteiger partial charge on any atom is 0.163 e. The highest BCUT2D eigenvalue weighted by molar-refractivity contribution is 5.77. The molecule has 49 heavy (non-hydrogen) atoms. The Balaban J connectivity index is 1.26. The van der Waals surface area contributed by atoms with Crippen LogP contribution in [0.1, 0.15) is 48.7 Å². The number of aromatic nitrogens is 4. The van der Waals surface area contributed by atoms with Crippen molar-refractivity contribution in [2.24, 2.45) is 16.8 Å². The number of benzene rings is 3. The van der Waals surface area contributed by atoms with Crippen LogP contribution in [0.4, 0.5) is 0 Å². The molecule has 8 rings (SSSR count). The summed E-state index contributed by atoms with van der Waals surface area (Å²) in [7, 11) is 0. The quantitative estimate of drug-likeness (QED) is 0.179. The summed E-state index contributed by atoms with van der Waals surface area (Å²) >= 11 is 0. The van der Waals surface area contributed by atoms with E-state index in [9.17, 15) is 0 Å². The van der Waals surface area contributed by atoms with Crippen molar-refractivity contribution in [1.82, 2.24) is 19.9 Å². The first kappa shape index (κ1) is 30.5. The smallest absolute Gasteiger partial charge is 0.163 e. The Kier molecular flexibility index (Phi) is 8.55. The second-order valence-electron chi connectivity index (χ2n) is 12.9. The van der Waals surface area contributed by atoms with Crippen molar-refractivity contribution in [3.05, 3.63) is 174 Å². The third-order valence-electron chi connectivity index (χ3n) is 9.57. The van der Waals surface area contributed by atoms with E-state index in [2.05, 4.69) is 133 Å². The van der Waals surface area contributed by atoms with Crippen molar-refractivity contribution in [2.75, 3.05) is 0 Å². The number of rotatable bonds is 7. The van der Waals surface area contributed by atoms with E-state index >= 15 is 0 Å². The van der Waals surface area contributed by atoms with E-state index in [0.717, 1.165) is 46.6 Å². The van der Waals surface area contributed by atoms with Crippen molar-refractivity contribution in [2.45, 2.75) is 31.7 Å². The van der Waals surface area contributed by atoms with E-state index in [1.807, 2.05) is 36.7 Å². The molecule has 0 saturated carbocycles. The minimum atomic E-state index is -0.0301. The van der Waals surface area contributed by atoms with Gasteiger partial charge < -0.3 is 0 Å². The Morgan fingerprint density at radius 1 is 0.673 bits per heavy atom. The van der Waals surface area contributed by atoms with Crippen LogP contribution in [0, 0.1) is 11.8 Å². The summed E-state index contributed by atoms with van der Waals surface area (Å²) in [5.74, 6) is 2.79. The van der Waals surface area contributed by atoms with Crippen LogP contribution in [0.2, 0.25) is 0 Å². The summed E-state index contributed by atoms with van der Waals surface area (Å²) in [5.41, 5.74) is 8.76. The van der Waals surface area contributed by atoms with Crippen LogP contribution in [0.5, 0.6) is 0 Å². The summed E-state index contributed by atoms with van der Waals surface area (Å²) in [6.45, 7) is 2.30. The first-order chi connectivity index (χ1) is 24.2. The maximum atomic E-state index is 5.26. The molecular weight excluding hydrogens is 599 g/mol. The lowest BCUT2D eigenvalue weighted by Crippen LogP contribution is -2.18. The molecular formula is C44H37N5. The molecule has 4 atom stereocenters. The van der Waals surface area contributed by atoms with E-state index in [4.69, 9.17) is 19.9 Å². The van der Waals surface area contributed by atoms with Gasteiger partial charge in [-0.25, -0.2) is 15.0 Å². The standard InChI is InChI=1S/C44H37N5/c1-30-13-5-6-20-39(30)37-27-36(31-14-3-2-4-15-31)28-38(29-37)44-48-42(34-18-11-16-32(25-34)40-21-7-9-23-45-40)47-43(49-44)35-19-12-17-33(26-35)41-22-8-10-24-46-41/h2-21,23-28,30,38-39,41H,22,29H2,1H3. The number of hydrogen-bond donors (Lipinski definition) is 0. The molecule has 0 fully saturated rings. The zero-order valence-corrected chi connectivity index (χ0v) is 27.5. The van der Waals surface area contributed by atoms with Crippen LogP contribution >= 0.6 is 0 Å². The lowest BCUT2D eigenvalue weighted by molar-refractivity contribution is 0.542. The van der Waals surface area contributed by atoms with Crippen LogP contribution < -0.4 is 0 Å². The first-order valence-electron chi connectivity index (χ1n) is 17.1. The molecule has 2 aromatic heterocycles. The van der Waals surface area contributed by atoms with Gasteiger partial charge in [0.15, 0.2) is 11.6 Å². The Morgan fingerprint density at radius 3 is 2.20 bits per heavy atom. The topological polar surface area (TPSA) is 63.9 Å². The minimum Gasteiger partial charge on any atom is -0.285 e. The highest BCUT2D eigenvalue weighted by atomic mass is 15.0. The van der Waals surface area contributed by atoms with Gasteiger partial charge in [0.25, 0.3) is 0 Å². The molecule has 5 aromatic rings. The Labute approximate surface area is 288 Å². The largest absolute Gasteiger partial charge is 0.285 e. The van der Waals surface area contributed by atoms with Gasteiger partial charge in [0, 0.05) is 40.9 Å². The Hall–Kier alpha value is -5.81. The van der Waals surface area contributed by atoms with E-state index in [1.54, 1.807) is 0 Å². The summed E-state index contributed by atoms with van der Waals surface area (Å²) in [6.07, 6.45) is 23.3. The zero-order valence-electron chi connectivity index (χ0n) is 27.5. The zero-order chi connectivity index (χ0) is 33.0. The third-order valence-corrected chi connectivity index (χ3v) is 9.57. The van der Waals surface area contributed by atoms with Gasteiger partial charge in [-0.3, -0.25) is 9.98 Å². The number of allylic oxidation sites excluding steroid dienone is 9. The first-order valence-corrected chi connectivity index (χ1v) is 17.1. The normalized spacial score (nSPS) is 21.3. The number of aliphatic imine (C=N–C) groups is 1. The molecule has 4 unspecified atom stereocenters. The van der Waals surface area contributed by atoms with Gasteiger partial charge >= 0.3 is 0 Å². The highest BCUT2D eigenvalue weighted by Gasteiger charge is 2.28. The molecule has 0 radical (unpaired) electrons. The third kappa shape index (κ3) is 6.66. The van der Waals surface area contributed by atoms with Crippen molar-refractivity contribution in [3.8, 4) is 34.0 Å². The molecule has 3 aromatic carbocycles. The van der Waals surface area contributed by atoms with Gasteiger partial charge in [-0.2, -0.15) is 0 Å². The maximum absolute atomic E-state index is 5.26. The molecule has 3 heterocycles. The SMILES string of the molecule is CC1C=CC=CC1C1=CC(c2ccccc2)=CC(c2nc(-c3cccc(-c4ccccn4)c3)nc(-c3cccc(C4CC=CC=N4)c3)n2)C1. The molecule has 1 aliphatic heterocycles. The minimum absolute atomic E-state index is 0.0301. The lowest BCUT2D eigenvalue weighted by atomic mass is 9.76. The lowest BCUT2D eigenvalue weighted by Gasteiger charge is -2.29. The number of dihydropyridines is 1. The van der Waals surface area contributed by atoms with Crippen molar-refractivity contribution >= 4 is 11.8 Å². The summed E-state index contributed by atoms with van der Waals surface area (Å²) in [5, 5.41) is 0. The molecule has 0 bridgehead atoms. The number of pyridine rings is 1. The van der Waals surface area contributed by atoms with Crippen LogP contribution in [-0.4, -0.2) is 26.2 Å². The fourth-order valence-electron chi connectivity index (χ4n) is 6.98. The van der Waals surface area contributed by atoms with Crippen LogP contribution in [0.15, 0.2) is 162 Å². The second-order valence-corrected chi connectivity index (χ2v) is 12.9. The Bertz CT molecular complexity index is 2160. The van der Waals surface area contributed by atoms with Gasteiger partial charge in [0.1, 0.15) is 5.82 Å². The van der Waals surface area contributed by atoms with E-state index in [-0.39, 0.29) is 12.0 Å². The van der Waals surface area contributed by atoms with Gasteiger partial charge in [-0.1, -0.05) is 128 Å². The average Bonchev–Trinajstić information content (AvgIpc) is 3.19. The fourth-order valence-corrected chi connectivity index (χ4v) is 6.98. The fraction of sp³-hybridized carbons (Fsp3) is 0.159. The molecule has 3 aliphatic rings. The van der Waals surface area contributed by atoms with Gasteiger partial charge in [-0.05, 0) is 65.8 Å². The molecule has 0 saturated heterocycles. The van der Waals surface area contributed by atoms with Gasteiger partial charge in [0.05, 0.1) is 11.7 Å². The molecule has 0 amide bonds. The summed E-state index contributed by atoms with van der Waals surface area (Å²) in [4.78, 5) is 25.0. The predicted molar refractivity (Wildman–Crippen MR) is 200 cm³/mol. The van der Waals surface area contributed by atoms with Gasteiger partial charge in [-0.15, -0.1) is 0 Å². The molecule has 0 spiro atoms. The molecule has 0 N–H and O–H groups in total. The number of nitrogens with zero attached hydrogens (tertiary/aromatic N) is 5. The van der Waals surface area contributed by atoms with E-state index in [0.29, 0.717) is 23.5 Å². The molecule has 5 nitrogen and oxygen atoms in total. The molecule has 5 heteroatoms. The molecule has 2 aliphatic carbocycles. The van der Waals surface area contributed by atoms with Gasteiger partial charge in [0.2, 0.25) is 0 Å². The molecule has 238 valence electrons. The van der Waals surface area contributed by atoms with Crippen LogP contribution in [0.25, 0.3) is 39.6 Å². The monoisotopic (exact) mass is 635 g/mol. The van der Waals surface area contributed by atoms with Crippen LogP contribution in [-0.2, 0) is 0 Å². The van der Waals surface area contributed by atoms with E-state index < -0.39 is 0 Å². The van der Waals surface area contributed by atoms with Crippen molar-refractivity contribution in [1.29, 1.82) is 0 Å². The van der Waals surface area contributed by atoms with Crippen LogP contribution in [0.3, 0.4) is 0 Å². The highest BCUT2D eigenvalue weighted by Crippen LogP contribution is 2.41. The number of hydrogen-bond acceptors (Lipinski definition) is 5. The van der Waals surface area contributed by atoms with Crippen molar-refractivity contribution in [3.63, 3.8) is 0 Å². The van der Waals surface area contributed by atoms with E-state index in [1.165, 1.54) is 16.7 Å². The predicted octanol–water partition coefficient (Wildman–Crippen LogP) is 10.2.